The van der Waals surface area contributed by atoms with E-state index in [4.69, 9.17) is 11.0 Å². The van der Waals surface area contributed by atoms with E-state index in [2.05, 4.69) is 29.0 Å². The number of nitrogens with two attached hydrogens (primary N) is 1. The number of rotatable bonds is 2. The Bertz CT molecular complexity index is 424. The van der Waals surface area contributed by atoms with Gasteiger partial charge in [0, 0.05) is 31.9 Å². The molecule has 1 heterocycles. The van der Waals surface area contributed by atoms with E-state index in [0.717, 1.165) is 25.3 Å². The van der Waals surface area contributed by atoms with Gasteiger partial charge in [-0.15, -0.1) is 0 Å². The average molecular weight is 230 g/mol. The number of nitrogens with zero attached hydrogens (tertiary/aromatic N) is 3. The fourth-order valence-electron chi connectivity index (χ4n) is 2.31. The van der Waals surface area contributed by atoms with Gasteiger partial charge in [-0.3, -0.25) is 0 Å². The third-order valence-electron chi connectivity index (χ3n) is 3.26. The number of nitriles is 1. The molecule has 2 rings (SSSR count). The van der Waals surface area contributed by atoms with E-state index >= 15 is 0 Å². The smallest absolute Gasteiger partial charge is 0.0992 e. The number of piperazine rings is 1. The summed E-state index contributed by atoms with van der Waals surface area (Å²) < 4.78 is 0. The maximum absolute atomic E-state index is 8.92. The van der Waals surface area contributed by atoms with Gasteiger partial charge in [-0.2, -0.15) is 5.26 Å². The van der Waals surface area contributed by atoms with Crippen LogP contribution in [0.3, 0.4) is 0 Å². The summed E-state index contributed by atoms with van der Waals surface area (Å²) in [6.07, 6.45) is 0. The summed E-state index contributed by atoms with van der Waals surface area (Å²) in [6.45, 7) is 3.62. The predicted molar refractivity (Wildman–Crippen MR) is 68.8 cm³/mol. The van der Waals surface area contributed by atoms with Crippen molar-refractivity contribution in [2.75, 3.05) is 38.1 Å². The molecule has 1 aromatic carbocycles. The maximum atomic E-state index is 8.92. The van der Waals surface area contributed by atoms with Crippen LogP contribution >= 0.6 is 0 Å². The minimum Gasteiger partial charge on any atom is -0.365 e. The second-order valence-corrected chi connectivity index (χ2v) is 4.51. The zero-order chi connectivity index (χ0) is 12.3. The van der Waals surface area contributed by atoms with Gasteiger partial charge >= 0.3 is 0 Å². The van der Waals surface area contributed by atoms with Crippen LogP contribution in [0.4, 0.5) is 5.69 Å². The Morgan fingerprint density at radius 1 is 1.47 bits per heavy atom. The molecule has 0 radical (unpaired) electrons. The first-order valence-electron chi connectivity index (χ1n) is 5.90. The largest absolute Gasteiger partial charge is 0.365 e. The Labute approximate surface area is 102 Å². The van der Waals surface area contributed by atoms with Gasteiger partial charge < -0.3 is 15.5 Å². The molecule has 1 fully saturated rings. The van der Waals surface area contributed by atoms with E-state index in [-0.39, 0.29) is 0 Å². The van der Waals surface area contributed by atoms with E-state index in [1.165, 1.54) is 0 Å². The second-order valence-electron chi connectivity index (χ2n) is 4.51. The van der Waals surface area contributed by atoms with Crippen molar-refractivity contribution in [3.63, 3.8) is 0 Å². The van der Waals surface area contributed by atoms with E-state index in [0.29, 0.717) is 18.2 Å². The number of hydrogen-bond acceptors (Lipinski definition) is 4. The van der Waals surface area contributed by atoms with Crippen molar-refractivity contribution in [2.45, 2.75) is 6.04 Å². The molecule has 1 saturated heterocycles. The summed E-state index contributed by atoms with van der Waals surface area (Å²) in [4.78, 5) is 4.60. The van der Waals surface area contributed by atoms with Crippen LogP contribution in [0.5, 0.6) is 0 Å². The van der Waals surface area contributed by atoms with Crippen LogP contribution in [-0.2, 0) is 0 Å². The van der Waals surface area contributed by atoms with Gasteiger partial charge in [0.25, 0.3) is 0 Å². The average Bonchev–Trinajstić information content (AvgIpc) is 2.38. The third-order valence-corrected chi connectivity index (χ3v) is 3.26. The molecule has 0 spiro atoms. The lowest BCUT2D eigenvalue weighted by Gasteiger charge is -2.41. The van der Waals surface area contributed by atoms with Crippen molar-refractivity contribution in [1.82, 2.24) is 4.90 Å². The van der Waals surface area contributed by atoms with E-state index < -0.39 is 0 Å². The number of anilines is 1. The first-order valence-corrected chi connectivity index (χ1v) is 5.90. The molecule has 0 saturated carbocycles. The highest BCUT2D eigenvalue weighted by molar-refractivity contribution is 5.52. The molecule has 1 aliphatic heterocycles. The lowest BCUT2D eigenvalue weighted by atomic mass is 10.1. The van der Waals surface area contributed by atoms with Crippen molar-refractivity contribution in [1.29, 1.82) is 5.26 Å². The monoisotopic (exact) mass is 230 g/mol. The molecule has 1 aromatic rings. The van der Waals surface area contributed by atoms with Gasteiger partial charge in [0.1, 0.15) is 0 Å². The van der Waals surface area contributed by atoms with Crippen molar-refractivity contribution in [3.8, 4) is 6.07 Å². The first-order chi connectivity index (χ1) is 8.24. The highest BCUT2D eigenvalue weighted by atomic mass is 15.3. The van der Waals surface area contributed by atoms with Gasteiger partial charge in [0.05, 0.1) is 17.7 Å². The summed E-state index contributed by atoms with van der Waals surface area (Å²) >= 11 is 0. The Balaban J connectivity index is 2.22. The van der Waals surface area contributed by atoms with E-state index in [1.54, 1.807) is 0 Å². The molecule has 1 unspecified atom stereocenters. The molecule has 0 amide bonds. The summed E-state index contributed by atoms with van der Waals surface area (Å²) in [6, 6.07) is 10.3. The molecule has 90 valence electrons. The van der Waals surface area contributed by atoms with Crippen LogP contribution < -0.4 is 10.6 Å². The van der Waals surface area contributed by atoms with Crippen LogP contribution in [0, 0.1) is 11.3 Å². The molecule has 1 atom stereocenters. The molecule has 2 N–H and O–H groups in total. The van der Waals surface area contributed by atoms with Crippen LogP contribution in [0.15, 0.2) is 24.3 Å². The lowest BCUT2D eigenvalue weighted by Crippen LogP contribution is -2.55. The van der Waals surface area contributed by atoms with Gasteiger partial charge in [-0.25, -0.2) is 0 Å². The molecule has 0 bridgehead atoms. The Morgan fingerprint density at radius 3 is 3.00 bits per heavy atom. The number of benzene rings is 1. The standard InChI is InChI=1S/C13H18N4/c1-16-5-6-17(13(9-15)10-16)12-4-2-3-11(7-12)8-14/h2-4,7,13H,5-6,9-10,15H2,1H3. The maximum Gasteiger partial charge on any atom is 0.0992 e. The molecule has 4 nitrogen and oxygen atoms in total. The van der Waals surface area contributed by atoms with Crippen LogP contribution in [0.1, 0.15) is 5.56 Å². The zero-order valence-electron chi connectivity index (χ0n) is 10.1. The first kappa shape index (κ1) is 11.9. The van der Waals surface area contributed by atoms with Crippen molar-refractivity contribution >= 4 is 5.69 Å². The molecular formula is C13H18N4. The summed E-state index contributed by atoms with van der Waals surface area (Å²) in [5, 5.41) is 8.92. The van der Waals surface area contributed by atoms with Crippen LogP contribution in [0.25, 0.3) is 0 Å². The SMILES string of the molecule is CN1CCN(c2cccc(C#N)c2)C(CN)C1. The van der Waals surface area contributed by atoms with E-state index in [9.17, 15) is 0 Å². The Kier molecular flexibility index (Phi) is 3.62. The zero-order valence-corrected chi connectivity index (χ0v) is 10.1. The highest BCUT2D eigenvalue weighted by Crippen LogP contribution is 2.20. The molecule has 4 heteroatoms. The van der Waals surface area contributed by atoms with Gasteiger partial charge in [-0.05, 0) is 25.2 Å². The van der Waals surface area contributed by atoms with Gasteiger partial charge in [0.2, 0.25) is 0 Å². The molecular weight excluding hydrogens is 212 g/mol. The Morgan fingerprint density at radius 2 is 2.29 bits per heavy atom. The predicted octanol–water partition coefficient (Wildman–Crippen LogP) is 0.637. The van der Waals surface area contributed by atoms with Crippen LogP contribution in [0.2, 0.25) is 0 Å². The summed E-state index contributed by atoms with van der Waals surface area (Å²) in [5.74, 6) is 0. The molecule has 0 aliphatic carbocycles. The second kappa shape index (κ2) is 5.17. The normalized spacial score (nSPS) is 21.2. The topological polar surface area (TPSA) is 56.3 Å². The molecule has 0 aromatic heterocycles. The lowest BCUT2D eigenvalue weighted by molar-refractivity contribution is 0.270. The van der Waals surface area contributed by atoms with Crippen molar-refractivity contribution in [2.24, 2.45) is 5.73 Å². The fourth-order valence-corrected chi connectivity index (χ4v) is 2.31. The van der Waals surface area contributed by atoms with E-state index in [1.807, 2.05) is 18.2 Å². The van der Waals surface area contributed by atoms with Crippen molar-refractivity contribution < 1.29 is 0 Å². The van der Waals surface area contributed by atoms with Gasteiger partial charge in [0.15, 0.2) is 0 Å². The molecule has 1 aliphatic rings. The summed E-state index contributed by atoms with van der Waals surface area (Å²) in [7, 11) is 2.12. The highest BCUT2D eigenvalue weighted by Gasteiger charge is 2.24. The fraction of sp³-hybridized carbons (Fsp3) is 0.462. The molecule has 17 heavy (non-hydrogen) atoms. The quantitative estimate of drug-likeness (QED) is 0.810. The Hall–Kier alpha value is -1.57. The van der Waals surface area contributed by atoms with Crippen LogP contribution in [-0.4, -0.2) is 44.2 Å². The minimum atomic E-state index is 0.336. The number of likely N-dealkylation sites (N-methyl/N-ethyl adjacent to an activating group) is 1. The number of hydrogen-bond donors (Lipinski definition) is 1. The van der Waals surface area contributed by atoms with Crippen molar-refractivity contribution in [3.05, 3.63) is 29.8 Å². The third kappa shape index (κ3) is 2.57. The summed E-state index contributed by atoms with van der Waals surface area (Å²) in [5.41, 5.74) is 7.64. The van der Waals surface area contributed by atoms with Gasteiger partial charge in [-0.1, -0.05) is 6.07 Å². The minimum absolute atomic E-state index is 0.336.